The maximum atomic E-state index is 12.4. The van der Waals surface area contributed by atoms with E-state index in [4.69, 9.17) is 9.47 Å². The number of hydrogen-bond donors (Lipinski definition) is 0. The topological polar surface area (TPSA) is 72.9 Å². The van der Waals surface area contributed by atoms with Gasteiger partial charge in [0.05, 0.1) is 4.90 Å². The maximum Gasteiger partial charge on any atom is 0.243 e. The van der Waals surface area contributed by atoms with Crippen LogP contribution < -0.4 is 9.47 Å². The fourth-order valence-electron chi connectivity index (χ4n) is 2.22. The van der Waals surface area contributed by atoms with Gasteiger partial charge in [-0.25, -0.2) is 8.42 Å². The van der Waals surface area contributed by atoms with Crippen molar-refractivity contribution in [3.63, 3.8) is 0 Å². The van der Waals surface area contributed by atoms with Crippen molar-refractivity contribution in [1.29, 1.82) is 0 Å². The Bertz CT molecular complexity index is 649. The first-order valence-electron chi connectivity index (χ1n) is 6.39. The van der Waals surface area contributed by atoms with E-state index in [1.165, 1.54) is 23.4 Å². The molecule has 7 heteroatoms. The van der Waals surface area contributed by atoms with Gasteiger partial charge in [-0.15, -0.1) is 0 Å². The average Bonchev–Trinajstić information content (AvgIpc) is 2.35. The van der Waals surface area contributed by atoms with E-state index in [1.54, 1.807) is 6.07 Å². The maximum absolute atomic E-state index is 12.4. The fourth-order valence-corrected chi connectivity index (χ4v) is 3.77. The molecule has 1 aromatic rings. The molecule has 0 aliphatic carbocycles. The summed E-state index contributed by atoms with van der Waals surface area (Å²) in [5, 5.41) is 0. The Kier molecular flexibility index (Phi) is 3.18. The smallest absolute Gasteiger partial charge is 0.243 e. The number of Topliss-reactive ketones (excluding diaryl/α,β-unsaturated/α-hetero) is 1. The summed E-state index contributed by atoms with van der Waals surface area (Å²) in [5.74, 6) is 0.849. The summed E-state index contributed by atoms with van der Waals surface area (Å²) in [6, 6.07) is 4.58. The second kappa shape index (κ2) is 4.75. The number of nitrogens with zero attached hydrogens (tertiary/aromatic N) is 1. The molecular formula is C13H15NO5S. The molecule has 0 saturated carbocycles. The zero-order chi connectivity index (χ0) is 14.3. The van der Waals surface area contributed by atoms with Crippen LogP contribution in [0.3, 0.4) is 0 Å². The summed E-state index contributed by atoms with van der Waals surface area (Å²) in [5.41, 5.74) is 0. The second-order valence-corrected chi connectivity index (χ2v) is 6.87. The normalized spacial score (nSPS) is 19.4. The molecule has 1 aromatic carbocycles. The summed E-state index contributed by atoms with van der Waals surface area (Å²) >= 11 is 0. The number of hydrogen-bond acceptors (Lipinski definition) is 5. The van der Waals surface area contributed by atoms with E-state index in [-0.39, 0.29) is 29.7 Å². The van der Waals surface area contributed by atoms with Gasteiger partial charge in [0.2, 0.25) is 10.0 Å². The van der Waals surface area contributed by atoms with Crippen LogP contribution in [0.4, 0.5) is 0 Å². The molecule has 6 nitrogen and oxygen atoms in total. The van der Waals surface area contributed by atoms with Gasteiger partial charge in [0.15, 0.2) is 11.5 Å². The first kappa shape index (κ1) is 13.4. The summed E-state index contributed by atoms with van der Waals surface area (Å²) in [4.78, 5) is 11.3. The van der Waals surface area contributed by atoms with Crippen LogP contribution in [0.2, 0.25) is 0 Å². The zero-order valence-electron chi connectivity index (χ0n) is 11.0. The molecule has 0 spiro atoms. The highest BCUT2D eigenvalue weighted by molar-refractivity contribution is 7.89. The van der Waals surface area contributed by atoms with E-state index in [9.17, 15) is 13.2 Å². The van der Waals surface area contributed by atoms with Gasteiger partial charge in [0.25, 0.3) is 0 Å². The second-order valence-electron chi connectivity index (χ2n) is 4.94. The molecule has 0 amide bonds. The van der Waals surface area contributed by atoms with Crippen molar-refractivity contribution in [2.75, 3.05) is 26.3 Å². The first-order chi connectivity index (χ1) is 9.48. The SMILES string of the molecule is CC(=O)C1CN(S(=O)(=O)c2ccc3c(c2)OCCO3)C1. The molecular weight excluding hydrogens is 282 g/mol. The molecule has 0 N–H and O–H groups in total. The standard InChI is InChI=1S/C13H15NO5S/c1-9(15)10-7-14(8-10)20(16,17)11-2-3-12-13(6-11)19-5-4-18-12/h2-3,6,10H,4-5,7-8H2,1H3. The molecule has 1 fully saturated rings. The Balaban J connectivity index is 1.83. The number of carbonyl (C=O) groups excluding carboxylic acids is 1. The third kappa shape index (κ3) is 2.16. The molecule has 2 aliphatic heterocycles. The number of carbonyl (C=O) groups is 1. The van der Waals surface area contributed by atoms with Crippen molar-refractivity contribution < 1.29 is 22.7 Å². The van der Waals surface area contributed by atoms with Crippen LogP contribution in [0.15, 0.2) is 23.1 Å². The van der Waals surface area contributed by atoms with E-state index >= 15 is 0 Å². The van der Waals surface area contributed by atoms with E-state index in [1.807, 2.05) is 0 Å². The van der Waals surface area contributed by atoms with Crippen LogP contribution in [0, 0.1) is 5.92 Å². The summed E-state index contributed by atoms with van der Waals surface area (Å²) in [7, 11) is -3.56. The lowest BCUT2D eigenvalue weighted by atomic mass is 9.99. The van der Waals surface area contributed by atoms with Crippen molar-refractivity contribution in [3.8, 4) is 11.5 Å². The first-order valence-corrected chi connectivity index (χ1v) is 7.83. The van der Waals surface area contributed by atoms with Crippen LogP contribution in [0.5, 0.6) is 11.5 Å². The van der Waals surface area contributed by atoms with Gasteiger partial charge in [-0.3, -0.25) is 4.79 Å². The Morgan fingerprint density at radius 2 is 1.85 bits per heavy atom. The van der Waals surface area contributed by atoms with E-state index < -0.39 is 10.0 Å². The Morgan fingerprint density at radius 3 is 2.50 bits per heavy atom. The van der Waals surface area contributed by atoms with E-state index in [2.05, 4.69) is 0 Å². The average molecular weight is 297 g/mol. The Hall–Kier alpha value is -1.60. The summed E-state index contributed by atoms with van der Waals surface area (Å²) in [6.45, 7) is 2.87. The van der Waals surface area contributed by atoms with Gasteiger partial charge in [0.1, 0.15) is 19.0 Å². The third-order valence-electron chi connectivity index (χ3n) is 3.57. The molecule has 1 saturated heterocycles. The zero-order valence-corrected chi connectivity index (χ0v) is 11.9. The molecule has 108 valence electrons. The Labute approximate surface area is 117 Å². The monoisotopic (exact) mass is 297 g/mol. The van der Waals surface area contributed by atoms with Crippen LogP contribution in [-0.4, -0.2) is 44.8 Å². The summed E-state index contributed by atoms with van der Waals surface area (Å²) in [6.07, 6.45) is 0. The molecule has 3 rings (SSSR count). The number of ether oxygens (including phenoxy) is 2. The van der Waals surface area contributed by atoms with Crippen molar-refractivity contribution in [1.82, 2.24) is 4.31 Å². The van der Waals surface area contributed by atoms with E-state index in [0.29, 0.717) is 24.7 Å². The molecule has 0 radical (unpaired) electrons. The number of benzene rings is 1. The van der Waals surface area contributed by atoms with Crippen molar-refractivity contribution in [3.05, 3.63) is 18.2 Å². The van der Waals surface area contributed by atoms with Gasteiger partial charge in [-0.2, -0.15) is 4.31 Å². The molecule has 0 atom stereocenters. The van der Waals surface area contributed by atoms with Crippen molar-refractivity contribution in [2.24, 2.45) is 5.92 Å². The number of ketones is 1. The lowest BCUT2D eigenvalue weighted by Crippen LogP contribution is -2.52. The number of sulfonamides is 1. The van der Waals surface area contributed by atoms with Crippen LogP contribution in [0.25, 0.3) is 0 Å². The quantitative estimate of drug-likeness (QED) is 0.820. The summed E-state index contributed by atoms with van der Waals surface area (Å²) < 4.78 is 36.8. The molecule has 0 aromatic heterocycles. The minimum absolute atomic E-state index is 0.0265. The van der Waals surface area contributed by atoms with Gasteiger partial charge < -0.3 is 9.47 Å². The Morgan fingerprint density at radius 1 is 1.20 bits per heavy atom. The minimum Gasteiger partial charge on any atom is -0.486 e. The highest BCUT2D eigenvalue weighted by atomic mass is 32.2. The largest absolute Gasteiger partial charge is 0.486 e. The van der Waals surface area contributed by atoms with Gasteiger partial charge in [-0.1, -0.05) is 0 Å². The lowest BCUT2D eigenvalue weighted by Gasteiger charge is -2.36. The van der Waals surface area contributed by atoms with E-state index in [0.717, 1.165) is 0 Å². The van der Waals surface area contributed by atoms with Crippen LogP contribution in [0.1, 0.15) is 6.92 Å². The lowest BCUT2D eigenvalue weighted by molar-refractivity contribution is -0.123. The fraction of sp³-hybridized carbons (Fsp3) is 0.462. The van der Waals surface area contributed by atoms with Crippen LogP contribution >= 0.6 is 0 Å². The molecule has 0 unspecified atom stereocenters. The van der Waals surface area contributed by atoms with Gasteiger partial charge in [0, 0.05) is 25.1 Å². The van der Waals surface area contributed by atoms with Crippen molar-refractivity contribution in [2.45, 2.75) is 11.8 Å². The highest BCUT2D eigenvalue weighted by Crippen LogP contribution is 2.34. The number of fused-ring (bicyclic) bond motifs is 1. The van der Waals surface area contributed by atoms with Crippen LogP contribution in [-0.2, 0) is 14.8 Å². The third-order valence-corrected chi connectivity index (χ3v) is 5.40. The predicted octanol–water partition coefficient (Wildman–Crippen LogP) is 0.667. The predicted molar refractivity (Wildman–Crippen MR) is 70.4 cm³/mol. The van der Waals surface area contributed by atoms with Gasteiger partial charge in [-0.05, 0) is 19.1 Å². The number of rotatable bonds is 3. The van der Waals surface area contributed by atoms with Crippen molar-refractivity contribution >= 4 is 15.8 Å². The minimum atomic E-state index is -3.56. The molecule has 20 heavy (non-hydrogen) atoms. The molecule has 2 heterocycles. The molecule has 2 aliphatic rings. The molecule has 0 bridgehead atoms. The van der Waals surface area contributed by atoms with Gasteiger partial charge >= 0.3 is 0 Å². The highest BCUT2D eigenvalue weighted by Gasteiger charge is 2.39.